The Morgan fingerprint density at radius 2 is 2.11 bits per heavy atom. The first-order valence-corrected chi connectivity index (χ1v) is 5.73. The molecule has 3 aromatic rings. The van der Waals surface area contributed by atoms with E-state index in [1.807, 2.05) is 0 Å². The SMILES string of the molecule is Nc1cc(F)ccc1Cn1nc2ccccn2c1=O. The maximum atomic E-state index is 13.0. The molecule has 96 valence electrons. The maximum absolute atomic E-state index is 13.0. The number of hydrogen-bond acceptors (Lipinski definition) is 3. The third-order valence-corrected chi connectivity index (χ3v) is 2.92. The monoisotopic (exact) mass is 258 g/mol. The number of halogens is 1. The lowest BCUT2D eigenvalue weighted by Crippen LogP contribution is -2.22. The lowest BCUT2D eigenvalue weighted by molar-refractivity contribution is 0.623. The first-order valence-electron chi connectivity index (χ1n) is 5.73. The summed E-state index contributed by atoms with van der Waals surface area (Å²) in [5.41, 5.74) is 7.00. The van der Waals surface area contributed by atoms with Gasteiger partial charge in [0.1, 0.15) is 5.82 Å². The van der Waals surface area contributed by atoms with Gasteiger partial charge in [0.25, 0.3) is 0 Å². The molecular weight excluding hydrogens is 247 g/mol. The Bertz CT molecular complexity index is 806. The van der Waals surface area contributed by atoms with E-state index in [0.29, 0.717) is 16.9 Å². The number of anilines is 1. The van der Waals surface area contributed by atoms with Crippen LogP contribution in [0.1, 0.15) is 5.56 Å². The molecule has 1 aromatic carbocycles. The number of benzene rings is 1. The second kappa shape index (κ2) is 4.24. The molecule has 3 rings (SSSR count). The lowest BCUT2D eigenvalue weighted by Gasteiger charge is -2.04. The Morgan fingerprint density at radius 3 is 2.84 bits per heavy atom. The molecule has 0 bridgehead atoms. The van der Waals surface area contributed by atoms with Crippen LogP contribution in [-0.2, 0) is 6.54 Å². The second-order valence-corrected chi connectivity index (χ2v) is 4.21. The molecule has 0 aliphatic carbocycles. The van der Waals surface area contributed by atoms with E-state index < -0.39 is 5.82 Å². The fourth-order valence-electron chi connectivity index (χ4n) is 1.94. The quantitative estimate of drug-likeness (QED) is 0.704. The molecule has 0 saturated heterocycles. The molecular formula is C13H11FN4O. The molecule has 5 nitrogen and oxygen atoms in total. The number of pyridine rings is 1. The number of fused-ring (bicyclic) bond motifs is 1. The van der Waals surface area contributed by atoms with Gasteiger partial charge in [-0.3, -0.25) is 4.40 Å². The van der Waals surface area contributed by atoms with Gasteiger partial charge in [-0.25, -0.2) is 13.9 Å². The number of aromatic nitrogens is 3. The predicted molar refractivity (Wildman–Crippen MR) is 69.4 cm³/mol. The Morgan fingerprint density at radius 1 is 1.26 bits per heavy atom. The van der Waals surface area contributed by atoms with Gasteiger partial charge in [0.2, 0.25) is 0 Å². The highest BCUT2D eigenvalue weighted by atomic mass is 19.1. The number of nitrogen functional groups attached to an aromatic ring is 1. The summed E-state index contributed by atoms with van der Waals surface area (Å²) in [6.07, 6.45) is 1.65. The van der Waals surface area contributed by atoms with E-state index in [0.717, 1.165) is 0 Å². The van der Waals surface area contributed by atoms with Gasteiger partial charge in [-0.15, -0.1) is 5.10 Å². The molecule has 0 amide bonds. The normalized spacial score (nSPS) is 11.0. The highest BCUT2D eigenvalue weighted by molar-refractivity contribution is 5.47. The summed E-state index contributed by atoms with van der Waals surface area (Å²) in [6.45, 7) is 0.215. The van der Waals surface area contributed by atoms with Crippen molar-refractivity contribution >= 4 is 11.3 Å². The first-order chi connectivity index (χ1) is 9.15. The molecule has 0 aliphatic heterocycles. The van der Waals surface area contributed by atoms with Gasteiger partial charge in [-0.2, -0.15) is 0 Å². The van der Waals surface area contributed by atoms with Crippen LogP contribution >= 0.6 is 0 Å². The van der Waals surface area contributed by atoms with Crippen LogP contribution in [0, 0.1) is 5.82 Å². The van der Waals surface area contributed by atoms with Crippen molar-refractivity contribution in [1.29, 1.82) is 0 Å². The van der Waals surface area contributed by atoms with Crippen molar-refractivity contribution < 1.29 is 4.39 Å². The van der Waals surface area contributed by atoms with Crippen LogP contribution in [0.15, 0.2) is 47.4 Å². The summed E-state index contributed by atoms with van der Waals surface area (Å²) < 4.78 is 15.7. The van der Waals surface area contributed by atoms with Gasteiger partial charge < -0.3 is 5.73 Å². The lowest BCUT2D eigenvalue weighted by atomic mass is 10.2. The van der Waals surface area contributed by atoms with Crippen LogP contribution in [0.3, 0.4) is 0 Å². The summed E-state index contributed by atoms with van der Waals surface area (Å²) in [6, 6.07) is 9.40. The van der Waals surface area contributed by atoms with Gasteiger partial charge >= 0.3 is 5.69 Å². The molecule has 19 heavy (non-hydrogen) atoms. The van der Waals surface area contributed by atoms with Gasteiger partial charge in [0.15, 0.2) is 5.65 Å². The maximum Gasteiger partial charge on any atom is 0.350 e. The van der Waals surface area contributed by atoms with Crippen molar-refractivity contribution in [2.24, 2.45) is 0 Å². The first kappa shape index (κ1) is 11.5. The standard InChI is InChI=1S/C13H11FN4O/c14-10-5-4-9(11(15)7-10)8-18-13(19)17-6-2-1-3-12(17)16-18/h1-7H,8,15H2. The van der Waals surface area contributed by atoms with Crippen LogP contribution in [0.4, 0.5) is 10.1 Å². The average molecular weight is 258 g/mol. The summed E-state index contributed by atoms with van der Waals surface area (Å²) in [7, 11) is 0. The number of nitrogens with zero attached hydrogens (tertiary/aromatic N) is 3. The Hall–Kier alpha value is -2.63. The highest BCUT2D eigenvalue weighted by Crippen LogP contribution is 2.14. The molecule has 0 radical (unpaired) electrons. The highest BCUT2D eigenvalue weighted by Gasteiger charge is 2.08. The van der Waals surface area contributed by atoms with Crippen molar-refractivity contribution in [1.82, 2.24) is 14.2 Å². The average Bonchev–Trinajstić information content (AvgIpc) is 2.70. The number of hydrogen-bond donors (Lipinski definition) is 1. The fraction of sp³-hybridized carbons (Fsp3) is 0.0769. The summed E-state index contributed by atoms with van der Waals surface area (Å²) >= 11 is 0. The molecule has 6 heteroatoms. The number of nitrogens with two attached hydrogens (primary N) is 1. The van der Waals surface area contributed by atoms with E-state index in [4.69, 9.17) is 5.73 Å². The Labute approximate surface area is 107 Å². The van der Waals surface area contributed by atoms with Crippen LogP contribution in [-0.4, -0.2) is 14.2 Å². The smallest absolute Gasteiger partial charge is 0.350 e. The van der Waals surface area contributed by atoms with Crippen molar-refractivity contribution in [3.8, 4) is 0 Å². The van der Waals surface area contributed by atoms with Crippen LogP contribution in [0.25, 0.3) is 5.65 Å². The van der Waals surface area contributed by atoms with Crippen molar-refractivity contribution in [2.75, 3.05) is 5.73 Å². The molecule has 0 aliphatic rings. The molecule has 2 N–H and O–H groups in total. The van der Waals surface area contributed by atoms with E-state index in [1.54, 1.807) is 30.5 Å². The summed E-state index contributed by atoms with van der Waals surface area (Å²) in [4.78, 5) is 12.1. The fourth-order valence-corrected chi connectivity index (χ4v) is 1.94. The van der Waals surface area contributed by atoms with E-state index in [9.17, 15) is 9.18 Å². The summed E-state index contributed by atoms with van der Waals surface area (Å²) in [5, 5.41) is 4.19. The zero-order valence-corrected chi connectivity index (χ0v) is 9.95. The third kappa shape index (κ3) is 1.97. The third-order valence-electron chi connectivity index (χ3n) is 2.92. The van der Waals surface area contributed by atoms with Gasteiger partial charge in [-0.1, -0.05) is 12.1 Å². The molecule has 2 aromatic heterocycles. The second-order valence-electron chi connectivity index (χ2n) is 4.21. The van der Waals surface area contributed by atoms with Crippen LogP contribution in [0.5, 0.6) is 0 Å². The minimum Gasteiger partial charge on any atom is -0.398 e. The molecule has 2 heterocycles. The van der Waals surface area contributed by atoms with E-state index in [-0.39, 0.29) is 12.2 Å². The minimum absolute atomic E-state index is 0.215. The molecule has 0 saturated carbocycles. The predicted octanol–water partition coefficient (Wildman–Crippen LogP) is 1.27. The van der Waals surface area contributed by atoms with Crippen LogP contribution in [0.2, 0.25) is 0 Å². The minimum atomic E-state index is -0.399. The van der Waals surface area contributed by atoms with Gasteiger partial charge in [-0.05, 0) is 29.8 Å². The van der Waals surface area contributed by atoms with Gasteiger partial charge in [0, 0.05) is 11.9 Å². The molecule has 0 fully saturated rings. The molecule has 0 unspecified atom stereocenters. The van der Waals surface area contributed by atoms with Crippen molar-refractivity contribution in [3.63, 3.8) is 0 Å². The van der Waals surface area contributed by atoms with Crippen molar-refractivity contribution in [2.45, 2.75) is 6.54 Å². The van der Waals surface area contributed by atoms with Crippen molar-refractivity contribution in [3.05, 3.63) is 64.5 Å². The Balaban J connectivity index is 2.06. The largest absolute Gasteiger partial charge is 0.398 e. The van der Waals surface area contributed by atoms with E-state index in [1.165, 1.54) is 21.2 Å². The van der Waals surface area contributed by atoms with E-state index in [2.05, 4.69) is 5.10 Å². The summed E-state index contributed by atoms with van der Waals surface area (Å²) in [5.74, 6) is -0.399. The molecule has 0 spiro atoms. The molecule has 0 atom stereocenters. The van der Waals surface area contributed by atoms with Gasteiger partial charge in [0.05, 0.1) is 6.54 Å². The Kier molecular flexibility index (Phi) is 2.56. The van der Waals surface area contributed by atoms with E-state index >= 15 is 0 Å². The number of rotatable bonds is 2. The zero-order chi connectivity index (χ0) is 13.4. The zero-order valence-electron chi connectivity index (χ0n) is 9.95. The topological polar surface area (TPSA) is 65.3 Å². The van der Waals surface area contributed by atoms with Crippen LogP contribution < -0.4 is 11.4 Å².